The number of hydrogen-bond acceptors (Lipinski definition) is 5. The maximum Gasteiger partial charge on any atom is 0.417 e. The van der Waals surface area contributed by atoms with Gasteiger partial charge in [-0.1, -0.05) is 0 Å². The van der Waals surface area contributed by atoms with Gasteiger partial charge >= 0.3 is 6.18 Å². The van der Waals surface area contributed by atoms with Crippen LogP contribution in [-0.2, 0) is 6.18 Å². The Balaban J connectivity index is 2.29. The summed E-state index contributed by atoms with van der Waals surface area (Å²) >= 11 is 0. The largest absolute Gasteiger partial charge is 0.439 e. The van der Waals surface area contributed by atoms with Crippen LogP contribution in [0.15, 0.2) is 30.5 Å². The first-order valence-electron chi connectivity index (χ1n) is 5.94. The summed E-state index contributed by atoms with van der Waals surface area (Å²) in [4.78, 5) is 13.7. The van der Waals surface area contributed by atoms with E-state index in [1.165, 1.54) is 6.07 Å². The molecule has 0 saturated heterocycles. The molecule has 116 valence electrons. The molecule has 0 bridgehead atoms. The molecule has 0 unspecified atom stereocenters. The quantitative estimate of drug-likeness (QED) is 0.530. The predicted molar refractivity (Wildman–Crippen MR) is 71.6 cm³/mol. The summed E-state index contributed by atoms with van der Waals surface area (Å²) in [5.41, 5.74) is 4.72. The lowest BCUT2D eigenvalue weighted by atomic mass is 10.1. The molecule has 22 heavy (non-hydrogen) atoms. The number of nitrogens with zero attached hydrogens (tertiary/aromatic N) is 2. The van der Waals surface area contributed by atoms with Gasteiger partial charge in [0.05, 0.1) is 16.6 Å². The average Bonchev–Trinajstić information content (AvgIpc) is 2.42. The fourth-order valence-electron chi connectivity index (χ4n) is 1.69. The van der Waals surface area contributed by atoms with Crippen LogP contribution < -0.4 is 10.5 Å². The minimum absolute atomic E-state index is 0.00210. The summed E-state index contributed by atoms with van der Waals surface area (Å²) in [7, 11) is 0. The van der Waals surface area contributed by atoms with E-state index >= 15 is 0 Å². The number of ether oxygens (including phenoxy) is 1. The lowest BCUT2D eigenvalue weighted by molar-refractivity contribution is -0.384. The van der Waals surface area contributed by atoms with Crippen molar-refractivity contribution in [1.82, 2.24) is 4.98 Å². The van der Waals surface area contributed by atoms with Gasteiger partial charge < -0.3 is 10.5 Å². The summed E-state index contributed by atoms with van der Waals surface area (Å²) < 4.78 is 42.5. The van der Waals surface area contributed by atoms with E-state index in [0.717, 1.165) is 18.2 Å². The first kappa shape index (κ1) is 15.5. The fourth-order valence-corrected chi connectivity index (χ4v) is 1.69. The van der Waals surface area contributed by atoms with E-state index in [0.29, 0.717) is 11.8 Å². The summed E-state index contributed by atoms with van der Waals surface area (Å²) in [6.07, 6.45) is -3.88. The first-order chi connectivity index (χ1) is 10.2. The molecule has 2 rings (SSSR count). The fraction of sp³-hybridized carbons (Fsp3) is 0.154. The van der Waals surface area contributed by atoms with Crippen molar-refractivity contribution < 1.29 is 22.8 Å². The molecule has 0 saturated carbocycles. The number of anilines is 1. The Morgan fingerprint density at radius 2 is 2.00 bits per heavy atom. The molecule has 0 aliphatic carbocycles. The highest BCUT2D eigenvalue weighted by atomic mass is 19.4. The summed E-state index contributed by atoms with van der Waals surface area (Å²) in [6.45, 7) is 1.55. The Hall–Kier alpha value is -2.84. The van der Waals surface area contributed by atoms with E-state index in [4.69, 9.17) is 10.5 Å². The number of halogens is 3. The predicted octanol–water partition coefficient (Wildman–Crippen LogP) is 3.69. The zero-order valence-electron chi connectivity index (χ0n) is 11.2. The lowest BCUT2D eigenvalue weighted by Crippen LogP contribution is -2.05. The molecule has 9 heteroatoms. The Bertz CT molecular complexity index is 715. The monoisotopic (exact) mass is 313 g/mol. The highest BCUT2D eigenvalue weighted by Crippen LogP contribution is 2.33. The minimum Gasteiger partial charge on any atom is -0.439 e. The lowest BCUT2D eigenvalue weighted by Gasteiger charge is -2.09. The van der Waals surface area contributed by atoms with Crippen LogP contribution in [0, 0.1) is 17.0 Å². The summed E-state index contributed by atoms with van der Waals surface area (Å²) in [5, 5.41) is 10.9. The molecule has 0 atom stereocenters. The molecule has 1 aromatic carbocycles. The van der Waals surface area contributed by atoms with Crippen LogP contribution in [0.25, 0.3) is 0 Å². The number of pyridine rings is 1. The van der Waals surface area contributed by atoms with Crippen LogP contribution in [0.2, 0.25) is 0 Å². The van der Waals surface area contributed by atoms with Crippen molar-refractivity contribution >= 4 is 11.4 Å². The van der Waals surface area contributed by atoms with Crippen molar-refractivity contribution in [3.63, 3.8) is 0 Å². The molecule has 0 radical (unpaired) electrons. The number of hydrogen-bond donors (Lipinski definition) is 1. The van der Waals surface area contributed by atoms with Gasteiger partial charge in [-0.15, -0.1) is 0 Å². The Morgan fingerprint density at radius 1 is 1.32 bits per heavy atom. The SMILES string of the molecule is Cc1cc(Oc2ccc(C(F)(F)F)cn2)cc([N+](=O)[O-])c1N. The maximum absolute atomic E-state index is 12.4. The molecule has 1 aromatic heterocycles. The van der Waals surface area contributed by atoms with Crippen LogP contribution in [0.4, 0.5) is 24.5 Å². The van der Waals surface area contributed by atoms with Crippen molar-refractivity contribution in [3.8, 4) is 11.6 Å². The third kappa shape index (κ3) is 3.25. The third-order valence-corrected chi connectivity index (χ3v) is 2.82. The minimum atomic E-state index is -4.50. The van der Waals surface area contributed by atoms with Gasteiger partial charge in [-0.05, 0) is 24.6 Å². The van der Waals surface area contributed by atoms with Crippen LogP contribution >= 0.6 is 0 Å². The molecule has 0 spiro atoms. The third-order valence-electron chi connectivity index (χ3n) is 2.82. The first-order valence-corrected chi connectivity index (χ1v) is 5.94. The molecule has 0 aliphatic heterocycles. The smallest absolute Gasteiger partial charge is 0.417 e. The van der Waals surface area contributed by atoms with Crippen LogP contribution in [0.5, 0.6) is 11.6 Å². The van der Waals surface area contributed by atoms with Crippen molar-refractivity contribution in [2.45, 2.75) is 13.1 Å². The van der Waals surface area contributed by atoms with Crippen LogP contribution in [0.3, 0.4) is 0 Å². The van der Waals surface area contributed by atoms with Crippen LogP contribution in [0.1, 0.15) is 11.1 Å². The van der Waals surface area contributed by atoms with E-state index in [9.17, 15) is 23.3 Å². The summed E-state index contributed by atoms with van der Waals surface area (Å²) in [5.74, 6) is -0.0582. The number of rotatable bonds is 3. The van der Waals surface area contributed by atoms with E-state index in [-0.39, 0.29) is 23.0 Å². The van der Waals surface area contributed by atoms with Gasteiger partial charge in [0.1, 0.15) is 11.4 Å². The van der Waals surface area contributed by atoms with Gasteiger partial charge in [0.15, 0.2) is 0 Å². The Morgan fingerprint density at radius 3 is 2.50 bits per heavy atom. The zero-order valence-corrected chi connectivity index (χ0v) is 11.2. The Kier molecular flexibility index (Phi) is 3.89. The van der Waals surface area contributed by atoms with Crippen molar-refractivity contribution in [1.29, 1.82) is 0 Å². The normalized spacial score (nSPS) is 11.3. The number of aryl methyl sites for hydroxylation is 1. The number of nitrogens with two attached hydrogens (primary N) is 1. The van der Waals surface area contributed by atoms with Crippen molar-refractivity contribution in [3.05, 3.63) is 51.7 Å². The molecule has 6 nitrogen and oxygen atoms in total. The van der Waals surface area contributed by atoms with E-state index in [2.05, 4.69) is 4.98 Å². The van der Waals surface area contributed by atoms with E-state index < -0.39 is 16.7 Å². The van der Waals surface area contributed by atoms with Gasteiger partial charge in [0.2, 0.25) is 5.88 Å². The highest BCUT2D eigenvalue weighted by Gasteiger charge is 2.30. The summed E-state index contributed by atoms with van der Waals surface area (Å²) in [6, 6.07) is 4.35. The van der Waals surface area contributed by atoms with E-state index in [1.54, 1.807) is 6.92 Å². The van der Waals surface area contributed by atoms with Gasteiger partial charge in [0.25, 0.3) is 5.69 Å². The molecule has 2 N–H and O–H groups in total. The number of alkyl halides is 3. The van der Waals surface area contributed by atoms with E-state index in [1.807, 2.05) is 0 Å². The van der Waals surface area contributed by atoms with Crippen LogP contribution in [-0.4, -0.2) is 9.91 Å². The molecule has 2 aromatic rings. The molecular formula is C13H10F3N3O3. The number of nitrogen functional groups attached to an aromatic ring is 1. The van der Waals surface area contributed by atoms with Crippen molar-refractivity contribution in [2.24, 2.45) is 0 Å². The highest BCUT2D eigenvalue weighted by molar-refractivity contribution is 5.65. The second-order valence-corrected chi connectivity index (χ2v) is 4.42. The molecule has 1 heterocycles. The Labute approximate surface area is 122 Å². The van der Waals surface area contributed by atoms with Crippen molar-refractivity contribution in [2.75, 3.05) is 5.73 Å². The molecule has 0 fully saturated rings. The van der Waals surface area contributed by atoms with Gasteiger partial charge in [-0.25, -0.2) is 4.98 Å². The molecule has 0 amide bonds. The second kappa shape index (κ2) is 5.51. The zero-order chi connectivity index (χ0) is 16.5. The maximum atomic E-state index is 12.4. The number of aromatic nitrogens is 1. The number of nitro benzene ring substituents is 1. The van der Waals surface area contributed by atoms with Gasteiger partial charge in [0, 0.05) is 12.3 Å². The molecular weight excluding hydrogens is 303 g/mol. The van der Waals surface area contributed by atoms with Gasteiger partial charge in [-0.2, -0.15) is 13.2 Å². The standard InChI is InChI=1S/C13H10F3N3O3/c1-7-4-9(5-10(12(7)17)19(20)21)22-11-3-2-8(6-18-11)13(14,15)16/h2-6H,17H2,1H3. The number of benzene rings is 1. The second-order valence-electron chi connectivity index (χ2n) is 4.42. The topological polar surface area (TPSA) is 91.3 Å². The molecule has 0 aliphatic rings. The number of nitro groups is 1. The van der Waals surface area contributed by atoms with Gasteiger partial charge in [-0.3, -0.25) is 10.1 Å². The average molecular weight is 313 g/mol.